The number of hydrogen-bond acceptors (Lipinski definition) is 6. The third kappa shape index (κ3) is 7.55. The first-order chi connectivity index (χ1) is 14.8. The van der Waals surface area contributed by atoms with E-state index in [-0.39, 0.29) is 0 Å². The number of aryl methyl sites for hydroxylation is 1. The van der Waals surface area contributed by atoms with Crippen molar-refractivity contribution < 1.29 is 4.74 Å². The molecule has 1 aromatic heterocycles. The van der Waals surface area contributed by atoms with Crippen molar-refractivity contribution in [2.45, 2.75) is 78.2 Å². The number of nitrogens with zero attached hydrogens (tertiary/aromatic N) is 3. The van der Waals surface area contributed by atoms with E-state index in [1.165, 1.54) is 19.3 Å². The average Bonchev–Trinajstić information content (AvgIpc) is 2.75. The fraction of sp³-hybridized carbons (Fsp3) is 0.520. The van der Waals surface area contributed by atoms with Crippen LogP contribution in [0.15, 0.2) is 46.7 Å². The van der Waals surface area contributed by atoms with E-state index in [2.05, 4.69) is 18.5 Å². The molecule has 0 aliphatic heterocycles. The summed E-state index contributed by atoms with van der Waals surface area (Å²) in [4.78, 5) is 9.20. The van der Waals surface area contributed by atoms with Crippen LogP contribution in [-0.2, 0) is 0 Å². The Morgan fingerprint density at radius 3 is 2.58 bits per heavy atom. The van der Waals surface area contributed by atoms with Crippen molar-refractivity contribution in [1.29, 1.82) is 0 Å². The van der Waals surface area contributed by atoms with Gasteiger partial charge in [0.25, 0.3) is 0 Å². The molecule has 0 saturated heterocycles. The summed E-state index contributed by atoms with van der Waals surface area (Å²) in [5, 5.41) is 1.57. The molecule has 0 bridgehead atoms. The highest BCUT2D eigenvalue weighted by molar-refractivity contribution is 5.63. The van der Waals surface area contributed by atoms with Gasteiger partial charge in [-0.1, -0.05) is 25.5 Å². The topological polar surface area (TPSA) is 89.8 Å². The molecule has 2 rings (SSSR count). The molecule has 0 spiro atoms. The van der Waals surface area contributed by atoms with Gasteiger partial charge in [0, 0.05) is 19.0 Å². The van der Waals surface area contributed by atoms with Gasteiger partial charge in [-0.05, 0) is 77.0 Å². The Hall–Kier alpha value is -2.60. The largest absolute Gasteiger partial charge is 0.489 e. The first-order valence-electron chi connectivity index (χ1n) is 11.3. The molecule has 1 aromatic rings. The number of rotatable bonds is 10. The van der Waals surface area contributed by atoms with E-state index in [9.17, 15) is 0 Å². The van der Waals surface area contributed by atoms with Crippen LogP contribution in [-0.4, -0.2) is 29.4 Å². The summed E-state index contributed by atoms with van der Waals surface area (Å²) in [6, 6.07) is 3.90. The van der Waals surface area contributed by atoms with Gasteiger partial charge < -0.3 is 15.5 Å². The van der Waals surface area contributed by atoms with Gasteiger partial charge in [0.1, 0.15) is 5.75 Å². The molecule has 4 N–H and O–H groups in total. The molecular formula is C25H39N5O. The lowest BCUT2D eigenvalue weighted by Gasteiger charge is -2.24. The van der Waals surface area contributed by atoms with Crippen LogP contribution >= 0.6 is 0 Å². The minimum Gasteiger partial charge on any atom is -0.489 e. The number of hydrogen-bond donors (Lipinski definition) is 2. The fourth-order valence-corrected chi connectivity index (χ4v) is 3.76. The van der Waals surface area contributed by atoms with Gasteiger partial charge in [-0.15, -0.1) is 0 Å². The highest BCUT2D eigenvalue weighted by Gasteiger charge is 2.17. The van der Waals surface area contributed by atoms with Crippen molar-refractivity contribution in [3.05, 3.63) is 53.1 Å². The zero-order valence-corrected chi connectivity index (χ0v) is 19.7. The predicted molar refractivity (Wildman–Crippen MR) is 130 cm³/mol. The van der Waals surface area contributed by atoms with Crippen molar-refractivity contribution in [2.75, 3.05) is 7.05 Å². The standard InChI is InChI=1S/C25H39N5O/c1-6-18(3)17-20(28-7-2)13-15-23(30(5)27)25(26)22-14-16-24(19(4)29-22)31-21-11-9-8-10-12-21/h7,14,16-17,21H,3,6,8-13,15,26-27H2,1-2,4-5H3/b20-17-,25-23-,28-7?. The number of ether oxygens (including phenoxy) is 1. The zero-order valence-electron chi connectivity index (χ0n) is 19.7. The fourth-order valence-electron chi connectivity index (χ4n) is 3.76. The maximum atomic E-state index is 6.51. The SMILES string of the molecule is C=C(/C=C(/CC/C(=C(/N)c1ccc(OC2CCCCC2)c(C)n1)N(C)N)N=CC)CC. The molecule has 1 saturated carbocycles. The summed E-state index contributed by atoms with van der Waals surface area (Å²) in [5.41, 5.74) is 11.5. The molecule has 6 heteroatoms. The number of hydrazine groups is 1. The van der Waals surface area contributed by atoms with Crippen LogP contribution in [0.25, 0.3) is 5.70 Å². The predicted octanol–water partition coefficient (Wildman–Crippen LogP) is 5.26. The summed E-state index contributed by atoms with van der Waals surface area (Å²) >= 11 is 0. The van der Waals surface area contributed by atoms with Gasteiger partial charge in [0.2, 0.25) is 0 Å². The van der Waals surface area contributed by atoms with Crippen molar-refractivity contribution >= 4 is 11.9 Å². The third-order valence-electron chi connectivity index (χ3n) is 5.63. The Morgan fingerprint density at radius 2 is 2.00 bits per heavy atom. The van der Waals surface area contributed by atoms with E-state index >= 15 is 0 Å². The van der Waals surface area contributed by atoms with Gasteiger partial charge in [0.15, 0.2) is 0 Å². The van der Waals surface area contributed by atoms with Crippen molar-refractivity contribution in [3.8, 4) is 5.75 Å². The molecule has 0 atom stereocenters. The molecule has 1 fully saturated rings. The van der Waals surface area contributed by atoms with E-state index in [4.69, 9.17) is 21.3 Å². The first kappa shape index (κ1) is 24.7. The molecule has 0 radical (unpaired) electrons. The van der Waals surface area contributed by atoms with E-state index in [0.29, 0.717) is 30.3 Å². The molecule has 0 unspecified atom stereocenters. The molecule has 0 amide bonds. The maximum Gasteiger partial charge on any atom is 0.140 e. The normalized spacial score (nSPS) is 16.4. The smallest absolute Gasteiger partial charge is 0.140 e. The van der Waals surface area contributed by atoms with Crippen LogP contribution in [0.5, 0.6) is 5.75 Å². The summed E-state index contributed by atoms with van der Waals surface area (Å²) in [6.07, 6.45) is 12.4. The summed E-state index contributed by atoms with van der Waals surface area (Å²) in [7, 11) is 1.80. The Labute approximate surface area is 187 Å². The monoisotopic (exact) mass is 425 g/mol. The summed E-state index contributed by atoms with van der Waals surface area (Å²) in [5.74, 6) is 6.96. The maximum absolute atomic E-state index is 6.51. The number of pyridine rings is 1. The minimum absolute atomic E-state index is 0.293. The van der Waals surface area contributed by atoms with Gasteiger partial charge in [-0.25, -0.2) is 10.8 Å². The lowest BCUT2D eigenvalue weighted by Crippen LogP contribution is -2.28. The molecule has 31 heavy (non-hydrogen) atoms. The van der Waals surface area contributed by atoms with Crippen molar-refractivity contribution in [3.63, 3.8) is 0 Å². The second kappa shape index (κ2) is 12.3. The van der Waals surface area contributed by atoms with Crippen molar-refractivity contribution in [1.82, 2.24) is 9.99 Å². The summed E-state index contributed by atoms with van der Waals surface area (Å²) in [6.45, 7) is 10.0. The Kier molecular flexibility index (Phi) is 9.79. The van der Waals surface area contributed by atoms with Gasteiger partial charge in [-0.2, -0.15) is 0 Å². The average molecular weight is 426 g/mol. The first-order valence-corrected chi connectivity index (χ1v) is 11.3. The summed E-state index contributed by atoms with van der Waals surface area (Å²) < 4.78 is 6.20. The molecular weight excluding hydrogens is 386 g/mol. The van der Waals surface area contributed by atoms with Crippen LogP contribution in [0, 0.1) is 6.92 Å². The Morgan fingerprint density at radius 1 is 1.29 bits per heavy atom. The van der Waals surface area contributed by atoms with Crippen molar-refractivity contribution in [2.24, 2.45) is 16.6 Å². The van der Waals surface area contributed by atoms with Crippen LogP contribution in [0.3, 0.4) is 0 Å². The molecule has 170 valence electrons. The Bertz CT molecular complexity index is 832. The molecule has 6 nitrogen and oxygen atoms in total. The number of nitrogens with two attached hydrogens (primary N) is 2. The number of aliphatic imine (C=N–C) groups is 1. The minimum atomic E-state index is 0.293. The van der Waals surface area contributed by atoms with Gasteiger partial charge in [-0.3, -0.25) is 4.99 Å². The number of allylic oxidation sites excluding steroid dienone is 4. The second-order valence-corrected chi connectivity index (χ2v) is 8.16. The van der Waals surface area contributed by atoms with Crippen LogP contribution in [0.4, 0.5) is 0 Å². The lowest BCUT2D eigenvalue weighted by molar-refractivity contribution is 0.153. The quantitative estimate of drug-likeness (QED) is 0.231. The third-order valence-corrected chi connectivity index (χ3v) is 5.63. The highest BCUT2D eigenvalue weighted by atomic mass is 16.5. The van der Waals surface area contributed by atoms with E-state index in [1.807, 2.05) is 32.1 Å². The van der Waals surface area contributed by atoms with Crippen LogP contribution in [0.1, 0.15) is 76.6 Å². The molecule has 1 heterocycles. The van der Waals surface area contributed by atoms with E-state index in [1.54, 1.807) is 18.3 Å². The highest BCUT2D eigenvalue weighted by Crippen LogP contribution is 2.27. The van der Waals surface area contributed by atoms with E-state index < -0.39 is 0 Å². The lowest BCUT2D eigenvalue weighted by atomic mass is 9.98. The van der Waals surface area contributed by atoms with E-state index in [0.717, 1.165) is 47.7 Å². The second-order valence-electron chi connectivity index (χ2n) is 8.16. The van der Waals surface area contributed by atoms with Crippen LogP contribution < -0.4 is 16.3 Å². The molecule has 1 aliphatic carbocycles. The van der Waals surface area contributed by atoms with Gasteiger partial charge in [0.05, 0.1) is 28.9 Å². The number of aromatic nitrogens is 1. The van der Waals surface area contributed by atoms with Crippen LogP contribution in [0.2, 0.25) is 0 Å². The zero-order chi connectivity index (χ0) is 22.8. The molecule has 0 aromatic carbocycles. The van der Waals surface area contributed by atoms with Gasteiger partial charge >= 0.3 is 0 Å². The Balaban J connectivity index is 2.20. The molecule has 1 aliphatic rings.